The van der Waals surface area contributed by atoms with E-state index in [4.69, 9.17) is 4.74 Å². The van der Waals surface area contributed by atoms with E-state index in [0.29, 0.717) is 23.0 Å². The van der Waals surface area contributed by atoms with Crippen molar-refractivity contribution < 1.29 is 14.3 Å². The number of unbranched alkanes of at least 4 members (excludes halogenated alkanes) is 1. The molecule has 32 heavy (non-hydrogen) atoms. The topological polar surface area (TPSA) is 98.5 Å². The zero-order chi connectivity index (χ0) is 23.3. The van der Waals surface area contributed by atoms with Crippen LogP contribution in [0.15, 0.2) is 29.4 Å². The zero-order valence-electron chi connectivity index (χ0n) is 19.1. The minimum absolute atomic E-state index is 0.115. The molecule has 0 radical (unpaired) electrons. The number of aromatic nitrogens is 4. The first-order valence-corrected chi connectivity index (χ1v) is 11.6. The van der Waals surface area contributed by atoms with Crippen molar-refractivity contribution in [1.82, 2.24) is 24.9 Å². The Kier molecular flexibility index (Phi) is 7.84. The van der Waals surface area contributed by atoms with Crippen LogP contribution in [0.4, 0.5) is 0 Å². The second kappa shape index (κ2) is 10.6. The molecule has 0 bridgehead atoms. The molecular formula is C23H29N5O3S. The summed E-state index contributed by atoms with van der Waals surface area (Å²) in [6, 6.07) is 6.94. The van der Waals surface area contributed by atoms with Crippen LogP contribution in [0.3, 0.4) is 0 Å². The molecule has 1 amide bonds. The van der Waals surface area contributed by atoms with Gasteiger partial charge >= 0.3 is 5.97 Å². The van der Waals surface area contributed by atoms with Crippen LogP contribution in [-0.4, -0.2) is 43.8 Å². The van der Waals surface area contributed by atoms with Crippen molar-refractivity contribution in [1.29, 1.82) is 0 Å². The molecule has 0 aliphatic rings. The maximum Gasteiger partial charge on any atom is 0.337 e. The summed E-state index contributed by atoms with van der Waals surface area (Å²) in [7, 11) is 1.34. The zero-order valence-corrected chi connectivity index (χ0v) is 20.0. The lowest BCUT2D eigenvalue weighted by Gasteiger charge is -2.10. The Morgan fingerprint density at radius 1 is 1.19 bits per heavy atom. The van der Waals surface area contributed by atoms with Gasteiger partial charge in [-0.15, -0.1) is 5.10 Å². The average molecular weight is 456 g/mol. The fraction of sp³-hybridized carbons (Fsp3) is 0.435. The van der Waals surface area contributed by atoms with Crippen LogP contribution >= 0.6 is 11.8 Å². The van der Waals surface area contributed by atoms with Gasteiger partial charge in [0.15, 0.2) is 0 Å². The predicted octanol–water partition coefficient (Wildman–Crippen LogP) is 3.67. The van der Waals surface area contributed by atoms with Crippen molar-refractivity contribution >= 4 is 29.4 Å². The van der Waals surface area contributed by atoms with Crippen molar-refractivity contribution in [2.24, 2.45) is 0 Å². The molecule has 2 aromatic heterocycles. The number of carbonyl (C=O) groups excluding carboxylic acids is 2. The summed E-state index contributed by atoms with van der Waals surface area (Å²) in [6.07, 6.45) is 3.20. The van der Waals surface area contributed by atoms with Gasteiger partial charge in [-0.05, 0) is 56.9 Å². The number of methoxy groups -OCH3 is 1. The summed E-state index contributed by atoms with van der Waals surface area (Å²) < 4.78 is 6.46. The number of fused-ring (bicyclic) bond motifs is 1. The first-order chi connectivity index (χ1) is 15.3. The molecule has 1 atom stereocenters. The van der Waals surface area contributed by atoms with E-state index >= 15 is 0 Å². The van der Waals surface area contributed by atoms with Gasteiger partial charge in [0, 0.05) is 17.9 Å². The van der Waals surface area contributed by atoms with Gasteiger partial charge in [0.2, 0.25) is 11.1 Å². The number of ether oxygens (including phenoxy) is 1. The number of amides is 1. The molecule has 8 nitrogen and oxygen atoms in total. The van der Waals surface area contributed by atoms with Crippen LogP contribution in [0.1, 0.15) is 59.6 Å². The van der Waals surface area contributed by atoms with E-state index in [2.05, 4.69) is 27.3 Å². The number of thioether (sulfide) groups is 1. The number of hydrogen-bond acceptors (Lipinski definition) is 7. The van der Waals surface area contributed by atoms with Gasteiger partial charge in [-0.3, -0.25) is 4.79 Å². The lowest BCUT2D eigenvalue weighted by atomic mass is 10.1. The number of aryl methyl sites for hydroxylation is 2. The molecule has 0 aliphatic carbocycles. The lowest BCUT2D eigenvalue weighted by Crippen LogP contribution is -2.30. The molecule has 0 saturated carbocycles. The molecule has 1 unspecified atom stereocenters. The second-order valence-corrected chi connectivity index (χ2v) is 8.95. The molecule has 3 rings (SSSR count). The van der Waals surface area contributed by atoms with Crippen LogP contribution < -0.4 is 5.32 Å². The molecule has 0 spiro atoms. The van der Waals surface area contributed by atoms with Crippen molar-refractivity contribution in [2.45, 2.75) is 63.9 Å². The van der Waals surface area contributed by atoms with Crippen LogP contribution in [-0.2, 0) is 22.5 Å². The van der Waals surface area contributed by atoms with E-state index in [1.54, 1.807) is 28.8 Å². The van der Waals surface area contributed by atoms with Crippen LogP contribution in [0.25, 0.3) is 5.78 Å². The highest BCUT2D eigenvalue weighted by molar-refractivity contribution is 8.00. The number of hydrogen-bond donors (Lipinski definition) is 1. The summed E-state index contributed by atoms with van der Waals surface area (Å²) in [5, 5.41) is 7.65. The highest BCUT2D eigenvalue weighted by Crippen LogP contribution is 2.23. The van der Waals surface area contributed by atoms with Gasteiger partial charge in [0.1, 0.15) is 0 Å². The Hall–Kier alpha value is -2.94. The van der Waals surface area contributed by atoms with Crippen LogP contribution in [0.5, 0.6) is 0 Å². The van der Waals surface area contributed by atoms with E-state index in [0.717, 1.165) is 36.2 Å². The Labute approximate surface area is 192 Å². The number of nitrogens with zero attached hydrogens (tertiary/aromatic N) is 4. The number of carbonyl (C=O) groups is 2. The molecule has 1 N–H and O–H groups in total. The molecule has 0 fully saturated rings. The van der Waals surface area contributed by atoms with E-state index < -0.39 is 0 Å². The molecule has 0 saturated heterocycles. The van der Waals surface area contributed by atoms with Crippen molar-refractivity contribution in [3.8, 4) is 0 Å². The first-order valence-electron chi connectivity index (χ1n) is 10.7. The number of benzene rings is 1. The minimum Gasteiger partial charge on any atom is -0.465 e. The van der Waals surface area contributed by atoms with E-state index in [9.17, 15) is 9.59 Å². The highest BCUT2D eigenvalue weighted by atomic mass is 32.2. The van der Waals surface area contributed by atoms with E-state index in [1.165, 1.54) is 24.4 Å². The highest BCUT2D eigenvalue weighted by Gasteiger charge is 2.19. The van der Waals surface area contributed by atoms with E-state index in [-0.39, 0.29) is 17.1 Å². The van der Waals surface area contributed by atoms with Crippen LogP contribution in [0, 0.1) is 13.8 Å². The SMILES string of the molecule is CCCCc1c(C)nc2nc(SC(C)C(=O)NCc3ccc(C(=O)OC)cc3)nn2c1C. The minimum atomic E-state index is -0.386. The second-order valence-electron chi connectivity index (χ2n) is 7.64. The predicted molar refractivity (Wildman–Crippen MR) is 124 cm³/mol. The Balaban J connectivity index is 1.63. The number of nitrogens with one attached hydrogen (secondary N) is 1. The maximum absolute atomic E-state index is 12.6. The van der Waals surface area contributed by atoms with Gasteiger partial charge in [-0.1, -0.05) is 37.2 Å². The quantitative estimate of drug-likeness (QED) is 0.388. The molecule has 170 valence electrons. The first kappa shape index (κ1) is 23.7. The molecule has 2 heterocycles. The smallest absolute Gasteiger partial charge is 0.337 e. The van der Waals surface area contributed by atoms with Crippen LogP contribution in [0.2, 0.25) is 0 Å². The standard InChI is InChI=1S/C23H29N5O3S/c1-6-7-8-19-14(2)25-22-26-23(27-28(22)15(19)3)32-16(4)20(29)24-13-17-9-11-18(12-10-17)21(30)31-5/h9-12,16H,6-8,13H2,1-5H3,(H,24,29). The number of rotatable bonds is 9. The summed E-state index contributed by atoms with van der Waals surface area (Å²) in [5.74, 6) is 0.0550. The van der Waals surface area contributed by atoms with Crippen molar-refractivity contribution in [3.05, 3.63) is 52.3 Å². The van der Waals surface area contributed by atoms with Gasteiger partial charge in [0.25, 0.3) is 5.78 Å². The number of esters is 1. The van der Waals surface area contributed by atoms with Crippen molar-refractivity contribution in [3.63, 3.8) is 0 Å². The molecule has 1 aromatic carbocycles. The summed E-state index contributed by atoms with van der Waals surface area (Å²) in [4.78, 5) is 33.2. The summed E-state index contributed by atoms with van der Waals surface area (Å²) in [6.45, 7) is 8.41. The average Bonchev–Trinajstić information content (AvgIpc) is 3.19. The van der Waals surface area contributed by atoms with E-state index in [1.807, 2.05) is 20.8 Å². The molecular weight excluding hydrogens is 426 g/mol. The fourth-order valence-corrected chi connectivity index (χ4v) is 4.15. The van der Waals surface area contributed by atoms with Gasteiger partial charge in [-0.25, -0.2) is 14.3 Å². The third kappa shape index (κ3) is 5.45. The molecule has 9 heteroatoms. The Morgan fingerprint density at radius 2 is 1.91 bits per heavy atom. The Morgan fingerprint density at radius 3 is 2.56 bits per heavy atom. The molecule has 3 aromatic rings. The van der Waals surface area contributed by atoms with Gasteiger partial charge < -0.3 is 10.1 Å². The Bertz CT molecular complexity index is 1110. The lowest BCUT2D eigenvalue weighted by molar-refractivity contribution is -0.120. The van der Waals surface area contributed by atoms with Crippen molar-refractivity contribution in [2.75, 3.05) is 7.11 Å². The summed E-state index contributed by atoms with van der Waals surface area (Å²) >= 11 is 1.30. The maximum atomic E-state index is 12.6. The fourth-order valence-electron chi connectivity index (χ4n) is 3.38. The van der Waals surface area contributed by atoms with Gasteiger partial charge in [-0.2, -0.15) is 4.98 Å². The molecule has 0 aliphatic heterocycles. The third-order valence-corrected chi connectivity index (χ3v) is 6.25. The normalized spacial score (nSPS) is 12.0. The third-order valence-electron chi connectivity index (χ3n) is 5.30. The largest absolute Gasteiger partial charge is 0.465 e. The van der Waals surface area contributed by atoms with Gasteiger partial charge in [0.05, 0.1) is 17.9 Å². The monoisotopic (exact) mass is 455 g/mol. The summed E-state index contributed by atoms with van der Waals surface area (Å²) in [5.41, 5.74) is 4.61.